The summed E-state index contributed by atoms with van der Waals surface area (Å²) in [5.74, 6) is 0. The first-order valence-corrected chi connectivity index (χ1v) is 26.5. The van der Waals surface area contributed by atoms with Crippen LogP contribution in [0, 0.1) is 13.8 Å². The van der Waals surface area contributed by atoms with Gasteiger partial charge in [0.2, 0.25) is 0 Å². The Kier molecular flexibility index (Phi) is 5.85. The van der Waals surface area contributed by atoms with Crippen molar-refractivity contribution < 1.29 is 15.0 Å². The molecule has 5 rings (SSSR count). The first kappa shape index (κ1) is 23.6. The molecule has 2 aliphatic rings. The molecule has 4 heteroatoms. The van der Waals surface area contributed by atoms with Crippen molar-refractivity contribution in [2.45, 2.75) is 41.5 Å². The third-order valence-electron chi connectivity index (χ3n) is 7.97. The average Bonchev–Trinajstić information content (AvgIpc) is 3.33. The predicted molar refractivity (Wildman–Crippen MR) is 145 cm³/mol. The summed E-state index contributed by atoms with van der Waals surface area (Å²) >= 11 is -4.76. The van der Waals surface area contributed by atoms with Gasteiger partial charge >= 0.3 is 208 Å². The van der Waals surface area contributed by atoms with Gasteiger partial charge in [-0.2, -0.15) is 0 Å². The summed E-state index contributed by atoms with van der Waals surface area (Å²) in [6.07, 6.45) is 4.72. The van der Waals surface area contributed by atoms with Crippen LogP contribution in [0.1, 0.15) is 54.5 Å². The zero-order valence-electron chi connectivity index (χ0n) is 19.9. The second kappa shape index (κ2) is 8.20. The zero-order valence-corrected chi connectivity index (χ0v) is 24.9. The Bertz CT molecular complexity index is 1340. The summed E-state index contributed by atoms with van der Waals surface area (Å²) in [7, 11) is 16.8. The Balaban J connectivity index is 1.93. The van der Waals surface area contributed by atoms with E-state index in [9.17, 15) is 0 Å². The number of benzene rings is 3. The van der Waals surface area contributed by atoms with Gasteiger partial charge in [0.05, 0.1) is 0 Å². The molecular formula is C29H30Cl2SiZr. The standard InChI is InChI=1S/2C11H11.C7H8Si.2ClH.Zr/c2*1-8-6-10-5-3-4-9(2)11(10)7-8;1-8-7-5-3-2-4-6-7;;;/h2*3-7H,1-2H3;2-6H,1H3;2*1H;/q;;;;;+2/p-2. The van der Waals surface area contributed by atoms with Crippen LogP contribution in [0.25, 0.3) is 12.2 Å². The summed E-state index contributed by atoms with van der Waals surface area (Å²) in [4.78, 5) is 0. The third-order valence-corrected chi connectivity index (χ3v) is 50.9. The molecule has 0 aliphatic heterocycles. The minimum atomic E-state index is -4.76. The molecule has 0 saturated carbocycles. The summed E-state index contributed by atoms with van der Waals surface area (Å²) < 4.78 is 0.229. The van der Waals surface area contributed by atoms with Crippen molar-refractivity contribution in [1.29, 1.82) is 0 Å². The fraction of sp³-hybridized carbons (Fsp3) is 0.241. The fourth-order valence-electron chi connectivity index (χ4n) is 6.39. The zero-order chi connectivity index (χ0) is 23.6. The van der Waals surface area contributed by atoms with Crippen LogP contribution in [0.2, 0.25) is 6.55 Å². The predicted octanol–water partition coefficient (Wildman–Crippen LogP) is 8.45. The molecule has 0 fully saturated rings. The maximum absolute atomic E-state index is 8.38. The molecule has 0 N–H and O–H groups in total. The Morgan fingerprint density at radius 2 is 1.09 bits per heavy atom. The molecular weight excluding hydrogens is 539 g/mol. The Hall–Kier alpha value is -1.18. The Labute approximate surface area is 206 Å². The summed E-state index contributed by atoms with van der Waals surface area (Å²) in [5, 5.41) is 1.35. The van der Waals surface area contributed by atoms with E-state index in [1.807, 2.05) is 0 Å². The van der Waals surface area contributed by atoms with Crippen molar-refractivity contribution >= 4 is 39.8 Å². The molecule has 33 heavy (non-hydrogen) atoms. The van der Waals surface area contributed by atoms with E-state index in [0.717, 1.165) is 0 Å². The molecule has 2 unspecified atom stereocenters. The van der Waals surface area contributed by atoms with Gasteiger partial charge in [-0.25, -0.2) is 0 Å². The van der Waals surface area contributed by atoms with E-state index < -0.39 is 20.4 Å². The van der Waals surface area contributed by atoms with E-state index in [1.165, 1.54) is 49.7 Å². The number of fused-ring (bicyclic) bond motifs is 2. The molecule has 0 spiro atoms. The Morgan fingerprint density at radius 3 is 1.55 bits per heavy atom. The second-order valence-electron chi connectivity index (χ2n) is 9.94. The first-order chi connectivity index (χ1) is 15.6. The van der Waals surface area contributed by atoms with Gasteiger partial charge in [0.15, 0.2) is 0 Å². The van der Waals surface area contributed by atoms with Crippen LogP contribution in [0.4, 0.5) is 0 Å². The van der Waals surface area contributed by atoms with Gasteiger partial charge in [-0.15, -0.1) is 0 Å². The van der Waals surface area contributed by atoms with Crippen LogP contribution < -0.4 is 5.19 Å². The van der Waals surface area contributed by atoms with Gasteiger partial charge in [0, 0.05) is 0 Å². The van der Waals surface area contributed by atoms with E-state index in [0.29, 0.717) is 0 Å². The van der Waals surface area contributed by atoms with Crippen LogP contribution >= 0.6 is 17.0 Å². The number of halogens is 2. The molecule has 0 aromatic heterocycles. The van der Waals surface area contributed by atoms with Crippen molar-refractivity contribution in [2.24, 2.45) is 0 Å². The maximum atomic E-state index is 8.38. The molecule has 0 heterocycles. The minimum absolute atomic E-state index is 0.114. The van der Waals surface area contributed by atoms with E-state index in [1.54, 1.807) is 0 Å². The summed E-state index contributed by atoms with van der Waals surface area (Å²) in [5.41, 5.74) is 9.35. The van der Waals surface area contributed by atoms with Crippen LogP contribution in [-0.4, -0.2) is 5.43 Å². The van der Waals surface area contributed by atoms with Crippen LogP contribution in [-0.2, 0) is 15.0 Å². The van der Waals surface area contributed by atoms with E-state index in [4.69, 9.17) is 17.0 Å². The molecule has 168 valence electrons. The number of hydrogen-bond acceptors (Lipinski definition) is 0. The van der Waals surface area contributed by atoms with Gasteiger partial charge in [0.1, 0.15) is 0 Å². The van der Waals surface area contributed by atoms with Crippen molar-refractivity contribution in [3.63, 3.8) is 0 Å². The van der Waals surface area contributed by atoms with Gasteiger partial charge < -0.3 is 0 Å². The molecule has 0 saturated heterocycles. The molecule has 0 nitrogen and oxygen atoms in total. The van der Waals surface area contributed by atoms with Crippen molar-refractivity contribution in [3.05, 3.63) is 111 Å². The molecule has 0 radical (unpaired) electrons. The third kappa shape index (κ3) is 3.40. The molecule has 2 aliphatic carbocycles. The summed E-state index contributed by atoms with van der Waals surface area (Å²) in [6, 6.07) is 24.2. The van der Waals surface area contributed by atoms with Crippen LogP contribution in [0.3, 0.4) is 0 Å². The van der Waals surface area contributed by atoms with Gasteiger partial charge in [-0.3, -0.25) is 0 Å². The van der Waals surface area contributed by atoms with Gasteiger partial charge in [0.25, 0.3) is 0 Å². The van der Waals surface area contributed by atoms with Gasteiger partial charge in [-0.1, -0.05) is 0 Å². The molecule has 3 aromatic carbocycles. The quantitative estimate of drug-likeness (QED) is 0.278. The fourth-order valence-corrected chi connectivity index (χ4v) is 44.8. The number of aryl methyl sites for hydroxylation is 2. The SMILES string of the molecule is CC1=Cc2c(C)cccc2[CH]1[Zr]([Cl])([Cl])([CH]1C(C)=Cc2c(C)cccc21)=[Si](C)c1ccccc1. The molecule has 3 aromatic rings. The van der Waals surface area contributed by atoms with E-state index in [-0.39, 0.29) is 7.25 Å². The number of allylic oxidation sites excluding steroid dienone is 2. The van der Waals surface area contributed by atoms with Crippen molar-refractivity contribution in [1.82, 2.24) is 0 Å². The Morgan fingerprint density at radius 1 is 0.636 bits per heavy atom. The molecule has 2 atom stereocenters. The van der Waals surface area contributed by atoms with Crippen LogP contribution in [0.15, 0.2) is 77.9 Å². The van der Waals surface area contributed by atoms with E-state index in [2.05, 4.69) is 113 Å². The average molecular weight is 569 g/mol. The normalized spacial score (nSPS) is 19.6. The van der Waals surface area contributed by atoms with Crippen molar-refractivity contribution in [3.8, 4) is 0 Å². The number of rotatable bonds is 3. The first-order valence-electron chi connectivity index (χ1n) is 11.7. The van der Waals surface area contributed by atoms with Crippen molar-refractivity contribution in [2.75, 3.05) is 0 Å². The van der Waals surface area contributed by atoms with Crippen LogP contribution in [0.5, 0.6) is 0 Å². The van der Waals surface area contributed by atoms with Gasteiger partial charge in [-0.05, 0) is 0 Å². The summed E-state index contributed by atoms with van der Waals surface area (Å²) in [6.45, 7) is 11.3. The number of hydrogen-bond donors (Lipinski definition) is 0. The molecule has 0 bridgehead atoms. The molecule has 0 amide bonds. The van der Waals surface area contributed by atoms with E-state index >= 15 is 0 Å². The second-order valence-corrected chi connectivity index (χ2v) is 46.7. The topological polar surface area (TPSA) is 0 Å². The monoisotopic (exact) mass is 566 g/mol.